The molecule has 2 fully saturated rings. The molecule has 2 aliphatic heterocycles. The van der Waals surface area contributed by atoms with E-state index >= 15 is 4.39 Å². The lowest BCUT2D eigenvalue weighted by Crippen LogP contribution is -2.48. The second-order valence-corrected chi connectivity index (χ2v) is 9.16. The van der Waals surface area contributed by atoms with Crippen LogP contribution in [0.5, 0.6) is 5.88 Å². The lowest BCUT2D eigenvalue weighted by molar-refractivity contribution is -0.0711. The molecule has 4 aromatic rings. The van der Waals surface area contributed by atoms with Gasteiger partial charge in [-0.05, 0) is 17.7 Å². The van der Waals surface area contributed by atoms with Crippen LogP contribution < -0.4 is 10.1 Å². The summed E-state index contributed by atoms with van der Waals surface area (Å²) in [6, 6.07) is 3.44. The van der Waals surface area contributed by atoms with Gasteiger partial charge in [-0.25, -0.2) is 31.5 Å². The molecule has 3 aromatic heterocycles. The first-order valence-corrected chi connectivity index (χ1v) is 11.6. The highest BCUT2D eigenvalue weighted by molar-refractivity contribution is 5.90. The molecule has 0 saturated carbocycles. The first-order valence-electron chi connectivity index (χ1n) is 11.6. The smallest absolute Gasteiger partial charge is 0.281 e. The number of aromatic nitrogens is 5. The third-order valence-electron chi connectivity index (χ3n) is 6.77. The Morgan fingerprint density at radius 3 is 2.78 bits per heavy atom. The van der Waals surface area contributed by atoms with E-state index in [2.05, 4.69) is 20.4 Å². The van der Waals surface area contributed by atoms with Gasteiger partial charge in [-0.15, -0.1) is 5.10 Å². The number of benzene rings is 1. The number of anilines is 1. The van der Waals surface area contributed by atoms with E-state index in [1.165, 1.54) is 22.5 Å². The number of methoxy groups -OCH3 is 1. The molecule has 0 radical (unpaired) electrons. The van der Waals surface area contributed by atoms with Gasteiger partial charge in [0.05, 0.1) is 68.6 Å². The van der Waals surface area contributed by atoms with Crippen molar-refractivity contribution in [3.8, 4) is 17.0 Å². The van der Waals surface area contributed by atoms with Crippen LogP contribution in [0.1, 0.15) is 0 Å². The number of fused-ring (bicyclic) bond motifs is 2. The number of nitrogens with one attached hydrogen (secondary N) is 1. The van der Waals surface area contributed by atoms with Crippen molar-refractivity contribution in [3.63, 3.8) is 0 Å². The van der Waals surface area contributed by atoms with E-state index in [-0.39, 0.29) is 35.5 Å². The van der Waals surface area contributed by atoms with Crippen molar-refractivity contribution in [1.29, 1.82) is 0 Å². The summed E-state index contributed by atoms with van der Waals surface area (Å²) in [6.07, 6.45) is -0.200. The van der Waals surface area contributed by atoms with Crippen molar-refractivity contribution in [2.45, 2.75) is 31.0 Å². The van der Waals surface area contributed by atoms with Gasteiger partial charge in [0.25, 0.3) is 12.3 Å². The molecule has 0 spiro atoms. The normalized spacial score (nSPS) is 20.2. The van der Waals surface area contributed by atoms with Gasteiger partial charge in [0, 0.05) is 6.54 Å². The number of hydrogen-bond acceptors (Lipinski definition) is 7. The maximum absolute atomic E-state index is 15.2. The molecule has 0 aliphatic carbocycles. The number of likely N-dealkylation sites (tertiary alicyclic amines) is 1. The van der Waals surface area contributed by atoms with Crippen LogP contribution in [0.2, 0.25) is 0 Å². The summed E-state index contributed by atoms with van der Waals surface area (Å²) < 4.78 is 83.6. The summed E-state index contributed by atoms with van der Waals surface area (Å²) in [5.41, 5.74) is 1.49. The fourth-order valence-corrected chi connectivity index (χ4v) is 4.84. The van der Waals surface area contributed by atoms with Crippen LogP contribution in [0.3, 0.4) is 0 Å². The van der Waals surface area contributed by atoms with Crippen molar-refractivity contribution in [2.24, 2.45) is 0 Å². The summed E-state index contributed by atoms with van der Waals surface area (Å²) >= 11 is 0. The van der Waals surface area contributed by atoms with E-state index in [1.54, 1.807) is 23.1 Å². The molecule has 37 heavy (non-hydrogen) atoms. The summed E-state index contributed by atoms with van der Waals surface area (Å²) in [5, 5.41) is 6.90. The zero-order valence-corrected chi connectivity index (χ0v) is 19.5. The Labute approximate surface area is 206 Å². The molecule has 0 amide bonds. The molecule has 6 rings (SSSR count). The standard InChI is InChI=1S/C23H22F5N7O2/c1-36-21-20-19(12-2-3-15-16(4-12)34(11-29-15)7-18(25)26)14(24)5-35(20)32-22(31-21)30-17-6-33(10-23(17,27)28)13-8-37-9-13/h2-5,11,13,17-18H,6-10H2,1H3,(H,30,32)/t17-/m1/s1. The van der Waals surface area contributed by atoms with E-state index in [0.29, 0.717) is 29.8 Å². The molecule has 1 aromatic carbocycles. The van der Waals surface area contributed by atoms with E-state index in [0.717, 1.165) is 6.20 Å². The molecule has 2 saturated heterocycles. The van der Waals surface area contributed by atoms with Crippen molar-refractivity contribution >= 4 is 22.5 Å². The highest BCUT2D eigenvalue weighted by Crippen LogP contribution is 2.37. The van der Waals surface area contributed by atoms with Crippen molar-refractivity contribution in [3.05, 3.63) is 36.5 Å². The maximum Gasteiger partial charge on any atom is 0.281 e. The Morgan fingerprint density at radius 2 is 2.08 bits per heavy atom. The number of alkyl halides is 4. The molecule has 14 heteroatoms. The minimum atomic E-state index is -3.04. The number of imidazole rings is 1. The van der Waals surface area contributed by atoms with Crippen LogP contribution in [-0.2, 0) is 11.3 Å². The van der Waals surface area contributed by atoms with Crippen LogP contribution in [0, 0.1) is 5.82 Å². The average molecular weight is 523 g/mol. The highest BCUT2D eigenvalue weighted by atomic mass is 19.3. The van der Waals surface area contributed by atoms with Crippen molar-refractivity contribution in [1.82, 2.24) is 29.0 Å². The van der Waals surface area contributed by atoms with Gasteiger partial charge in [0.15, 0.2) is 5.82 Å². The molecule has 196 valence electrons. The van der Waals surface area contributed by atoms with Gasteiger partial charge in [-0.3, -0.25) is 4.90 Å². The third kappa shape index (κ3) is 4.13. The molecule has 0 bridgehead atoms. The van der Waals surface area contributed by atoms with E-state index in [9.17, 15) is 17.6 Å². The first-order chi connectivity index (χ1) is 17.7. The first kappa shape index (κ1) is 23.9. The minimum Gasteiger partial charge on any atom is -0.479 e. The van der Waals surface area contributed by atoms with Crippen molar-refractivity contribution < 1.29 is 31.4 Å². The molecule has 1 N–H and O–H groups in total. The molecular formula is C23H22F5N7O2. The summed E-state index contributed by atoms with van der Waals surface area (Å²) in [5.74, 6) is -3.90. The SMILES string of the molecule is COc1nc(N[C@@H]2CN(C3COC3)CC2(F)F)nn2cc(F)c(-c3ccc4ncn(CC(F)F)c4c3)c12. The van der Waals surface area contributed by atoms with Crippen LogP contribution in [0.25, 0.3) is 27.7 Å². The van der Waals surface area contributed by atoms with E-state index < -0.39 is 37.3 Å². The third-order valence-corrected chi connectivity index (χ3v) is 6.77. The predicted molar refractivity (Wildman–Crippen MR) is 123 cm³/mol. The Balaban J connectivity index is 1.36. The Bertz CT molecular complexity index is 1470. The molecular weight excluding hydrogens is 501 g/mol. The number of nitrogens with zero attached hydrogens (tertiary/aromatic N) is 6. The second kappa shape index (κ2) is 8.80. The number of ether oxygens (including phenoxy) is 2. The van der Waals surface area contributed by atoms with Gasteiger partial charge >= 0.3 is 0 Å². The Kier molecular flexibility index (Phi) is 5.67. The molecule has 5 heterocycles. The highest BCUT2D eigenvalue weighted by Gasteiger charge is 2.51. The van der Waals surface area contributed by atoms with Gasteiger partial charge < -0.3 is 19.4 Å². The fraction of sp³-hybridized carbons (Fsp3) is 0.435. The minimum absolute atomic E-state index is 0.0388. The largest absolute Gasteiger partial charge is 0.479 e. The van der Waals surface area contributed by atoms with Crippen LogP contribution >= 0.6 is 0 Å². The Morgan fingerprint density at radius 1 is 1.27 bits per heavy atom. The van der Waals surface area contributed by atoms with Crippen LogP contribution in [-0.4, -0.2) is 86.9 Å². The van der Waals surface area contributed by atoms with E-state index in [1.807, 2.05) is 0 Å². The molecule has 9 nitrogen and oxygen atoms in total. The van der Waals surface area contributed by atoms with Crippen LogP contribution in [0.4, 0.5) is 27.9 Å². The number of rotatable bonds is 7. The topological polar surface area (TPSA) is 81.7 Å². The van der Waals surface area contributed by atoms with E-state index in [4.69, 9.17) is 9.47 Å². The maximum atomic E-state index is 15.2. The molecule has 1 atom stereocenters. The Hall–Kier alpha value is -3.52. The van der Waals surface area contributed by atoms with Crippen LogP contribution in [0.15, 0.2) is 30.7 Å². The summed E-state index contributed by atoms with van der Waals surface area (Å²) in [4.78, 5) is 10.0. The van der Waals surface area contributed by atoms with Crippen molar-refractivity contribution in [2.75, 3.05) is 38.7 Å². The summed E-state index contributed by atoms with van der Waals surface area (Å²) in [6.45, 7) is -0.0663. The number of halogens is 5. The predicted octanol–water partition coefficient (Wildman–Crippen LogP) is 3.29. The van der Waals surface area contributed by atoms with Gasteiger partial charge in [0.1, 0.15) is 11.6 Å². The van der Waals surface area contributed by atoms with Gasteiger partial charge in [0.2, 0.25) is 11.8 Å². The zero-order valence-electron chi connectivity index (χ0n) is 19.5. The van der Waals surface area contributed by atoms with Gasteiger partial charge in [-0.1, -0.05) is 6.07 Å². The van der Waals surface area contributed by atoms with Gasteiger partial charge in [-0.2, -0.15) is 4.98 Å². The monoisotopic (exact) mass is 523 g/mol. The second-order valence-electron chi connectivity index (χ2n) is 9.16. The zero-order chi connectivity index (χ0) is 25.9. The molecule has 0 unspecified atom stereocenters. The fourth-order valence-electron chi connectivity index (χ4n) is 4.84. The molecule has 2 aliphatic rings. The average Bonchev–Trinajstić information content (AvgIpc) is 3.44. The number of hydrogen-bond donors (Lipinski definition) is 1. The summed E-state index contributed by atoms with van der Waals surface area (Å²) in [7, 11) is 1.32. The lowest BCUT2D eigenvalue weighted by Gasteiger charge is -2.34. The lowest BCUT2D eigenvalue weighted by atomic mass is 10.1. The quantitative estimate of drug-likeness (QED) is 0.373.